The molecule has 90 valence electrons. The Kier molecular flexibility index (Phi) is 3.92. The van der Waals surface area contributed by atoms with Crippen LogP contribution in [-0.4, -0.2) is 16.1 Å². The van der Waals surface area contributed by atoms with Crippen LogP contribution in [0.3, 0.4) is 0 Å². The van der Waals surface area contributed by atoms with Crippen molar-refractivity contribution in [3.63, 3.8) is 0 Å². The highest BCUT2D eigenvalue weighted by molar-refractivity contribution is 6.42. The van der Waals surface area contributed by atoms with Crippen molar-refractivity contribution < 1.29 is 0 Å². The first-order valence-corrected chi connectivity index (χ1v) is 6.09. The number of aromatic nitrogens is 2. The summed E-state index contributed by atoms with van der Waals surface area (Å²) in [5.74, 6) is 1.01. The maximum Gasteiger partial charge on any atom is 0.105 e. The molecule has 1 N–H and O–H groups in total. The highest BCUT2D eigenvalue weighted by atomic mass is 35.5. The van der Waals surface area contributed by atoms with Crippen LogP contribution in [0.4, 0.5) is 5.69 Å². The van der Waals surface area contributed by atoms with E-state index in [1.807, 2.05) is 25.3 Å². The average molecular weight is 270 g/mol. The van der Waals surface area contributed by atoms with Crippen LogP contribution in [0.2, 0.25) is 10.0 Å². The average Bonchev–Trinajstić information content (AvgIpc) is 2.70. The molecule has 2 aromatic rings. The molecule has 1 aromatic heterocycles. The van der Waals surface area contributed by atoms with Crippen LogP contribution in [0.25, 0.3) is 0 Å². The Hall–Kier alpha value is -1.19. The van der Waals surface area contributed by atoms with Crippen LogP contribution in [-0.2, 0) is 6.54 Å². The van der Waals surface area contributed by atoms with Gasteiger partial charge in [0.05, 0.1) is 10.0 Å². The third-order valence-electron chi connectivity index (χ3n) is 2.53. The molecule has 0 aliphatic heterocycles. The second-order valence-electron chi connectivity index (χ2n) is 3.72. The lowest BCUT2D eigenvalue weighted by Crippen LogP contribution is -2.10. The summed E-state index contributed by atoms with van der Waals surface area (Å²) in [4.78, 5) is 4.16. The second kappa shape index (κ2) is 5.43. The Morgan fingerprint density at radius 3 is 2.76 bits per heavy atom. The van der Waals surface area contributed by atoms with Gasteiger partial charge in [-0.05, 0) is 25.1 Å². The van der Waals surface area contributed by atoms with Crippen molar-refractivity contribution in [2.45, 2.75) is 13.5 Å². The third kappa shape index (κ3) is 3.14. The van der Waals surface area contributed by atoms with Crippen LogP contribution >= 0.6 is 23.2 Å². The summed E-state index contributed by atoms with van der Waals surface area (Å²) in [6.45, 7) is 3.67. The summed E-state index contributed by atoms with van der Waals surface area (Å²) in [7, 11) is 0. The Morgan fingerprint density at radius 1 is 1.29 bits per heavy atom. The molecule has 5 heteroatoms. The van der Waals surface area contributed by atoms with Crippen LogP contribution < -0.4 is 5.32 Å². The minimum atomic E-state index is 0.565. The number of hydrogen-bond acceptors (Lipinski definition) is 2. The molecular weight excluding hydrogens is 257 g/mol. The van der Waals surface area contributed by atoms with Crippen LogP contribution in [0, 0.1) is 6.92 Å². The van der Waals surface area contributed by atoms with Crippen molar-refractivity contribution in [1.29, 1.82) is 0 Å². The molecule has 1 heterocycles. The Labute approximate surface area is 110 Å². The molecule has 0 fully saturated rings. The first-order valence-electron chi connectivity index (χ1n) is 5.33. The van der Waals surface area contributed by atoms with E-state index >= 15 is 0 Å². The molecule has 0 aliphatic rings. The Balaban J connectivity index is 1.90. The molecule has 0 unspecified atom stereocenters. The number of anilines is 1. The van der Waals surface area contributed by atoms with E-state index in [-0.39, 0.29) is 0 Å². The highest BCUT2D eigenvalue weighted by Gasteiger charge is 1.99. The molecule has 0 saturated carbocycles. The van der Waals surface area contributed by atoms with Crippen molar-refractivity contribution in [2.75, 3.05) is 11.9 Å². The van der Waals surface area contributed by atoms with Gasteiger partial charge in [-0.3, -0.25) is 0 Å². The van der Waals surface area contributed by atoms with Gasteiger partial charge in [-0.1, -0.05) is 23.2 Å². The normalized spacial score (nSPS) is 10.5. The van der Waals surface area contributed by atoms with E-state index in [4.69, 9.17) is 23.2 Å². The summed E-state index contributed by atoms with van der Waals surface area (Å²) in [5.41, 5.74) is 0.970. The number of halogens is 2. The number of nitrogens with one attached hydrogen (secondary N) is 1. The van der Waals surface area contributed by atoms with Gasteiger partial charge in [-0.15, -0.1) is 0 Å². The third-order valence-corrected chi connectivity index (χ3v) is 3.26. The topological polar surface area (TPSA) is 29.9 Å². The summed E-state index contributed by atoms with van der Waals surface area (Å²) >= 11 is 11.8. The maximum absolute atomic E-state index is 5.93. The standard InChI is InChI=1S/C12H13Cl2N3/c1-9-15-4-6-17(9)7-5-16-10-2-3-11(13)12(14)8-10/h2-4,6,8,16H,5,7H2,1H3. The molecule has 0 amide bonds. The van der Waals surface area contributed by atoms with Gasteiger partial charge in [0, 0.05) is 31.2 Å². The van der Waals surface area contributed by atoms with Crippen molar-refractivity contribution in [2.24, 2.45) is 0 Å². The smallest absolute Gasteiger partial charge is 0.105 e. The van der Waals surface area contributed by atoms with E-state index in [2.05, 4.69) is 14.9 Å². The zero-order valence-electron chi connectivity index (χ0n) is 9.45. The Bertz CT molecular complexity index is 508. The van der Waals surface area contributed by atoms with Crippen LogP contribution in [0.15, 0.2) is 30.6 Å². The van der Waals surface area contributed by atoms with Crippen molar-refractivity contribution in [3.8, 4) is 0 Å². The fraction of sp³-hybridized carbons (Fsp3) is 0.250. The largest absolute Gasteiger partial charge is 0.383 e. The van der Waals surface area contributed by atoms with Gasteiger partial charge >= 0.3 is 0 Å². The fourth-order valence-electron chi connectivity index (χ4n) is 1.57. The maximum atomic E-state index is 5.93. The summed E-state index contributed by atoms with van der Waals surface area (Å²) in [6, 6.07) is 5.52. The predicted molar refractivity (Wildman–Crippen MR) is 71.9 cm³/mol. The summed E-state index contributed by atoms with van der Waals surface area (Å²) < 4.78 is 2.09. The minimum Gasteiger partial charge on any atom is -0.383 e. The quantitative estimate of drug-likeness (QED) is 0.919. The zero-order chi connectivity index (χ0) is 12.3. The predicted octanol–water partition coefficient (Wildman–Crippen LogP) is 3.61. The molecule has 1 aromatic carbocycles. The van der Waals surface area contributed by atoms with Gasteiger partial charge in [0.25, 0.3) is 0 Å². The number of nitrogens with zero attached hydrogens (tertiary/aromatic N) is 2. The van der Waals surface area contributed by atoms with Crippen molar-refractivity contribution in [1.82, 2.24) is 9.55 Å². The highest BCUT2D eigenvalue weighted by Crippen LogP contribution is 2.24. The van der Waals surface area contributed by atoms with E-state index in [0.717, 1.165) is 24.6 Å². The molecule has 0 bridgehead atoms. The number of imidazole rings is 1. The fourth-order valence-corrected chi connectivity index (χ4v) is 1.86. The van der Waals surface area contributed by atoms with Gasteiger partial charge in [0.2, 0.25) is 0 Å². The lowest BCUT2D eigenvalue weighted by molar-refractivity contribution is 0.701. The van der Waals surface area contributed by atoms with Gasteiger partial charge in [0.15, 0.2) is 0 Å². The van der Waals surface area contributed by atoms with E-state index in [0.29, 0.717) is 10.0 Å². The molecule has 17 heavy (non-hydrogen) atoms. The van der Waals surface area contributed by atoms with E-state index in [9.17, 15) is 0 Å². The summed E-state index contributed by atoms with van der Waals surface area (Å²) in [6.07, 6.45) is 3.76. The van der Waals surface area contributed by atoms with Crippen molar-refractivity contribution >= 4 is 28.9 Å². The number of rotatable bonds is 4. The number of benzene rings is 1. The van der Waals surface area contributed by atoms with Crippen molar-refractivity contribution in [3.05, 3.63) is 46.5 Å². The molecule has 3 nitrogen and oxygen atoms in total. The molecular formula is C12H13Cl2N3. The van der Waals surface area contributed by atoms with Gasteiger partial charge < -0.3 is 9.88 Å². The molecule has 0 aliphatic carbocycles. The lowest BCUT2D eigenvalue weighted by Gasteiger charge is -2.09. The van der Waals surface area contributed by atoms with Gasteiger partial charge in [-0.2, -0.15) is 0 Å². The first-order chi connectivity index (χ1) is 8.16. The lowest BCUT2D eigenvalue weighted by atomic mass is 10.3. The van der Waals surface area contributed by atoms with E-state index < -0.39 is 0 Å². The van der Waals surface area contributed by atoms with Gasteiger partial charge in [-0.25, -0.2) is 4.98 Å². The van der Waals surface area contributed by atoms with Crippen LogP contribution in [0.5, 0.6) is 0 Å². The molecule has 0 atom stereocenters. The van der Waals surface area contributed by atoms with E-state index in [1.165, 1.54) is 0 Å². The zero-order valence-corrected chi connectivity index (χ0v) is 11.0. The van der Waals surface area contributed by atoms with E-state index in [1.54, 1.807) is 12.3 Å². The molecule has 0 saturated heterocycles. The number of aryl methyl sites for hydroxylation is 1. The molecule has 0 radical (unpaired) electrons. The van der Waals surface area contributed by atoms with Gasteiger partial charge in [0.1, 0.15) is 5.82 Å². The first kappa shape index (κ1) is 12.3. The SMILES string of the molecule is Cc1nccn1CCNc1ccc(Cl)c(Cl)c1. The second-order valence-corrected chi connectivity index (χ2v) is 4.54. The monoisotopic (exact) mass is 269 g/mol. The van der Waals surface area contributed by atoms with Crippen LogP contribution in [0.1, 0.15) is 5.82 Å². The molecule has 0 spiro atoms. The summed E-state index contributed by atoms with van der Waals surface area (Å²) in [5, 5.41) is 4.42. The molecule has 2 rings (SSSR count). The Morgan fingerprint density at radius 2 is 2.12 bits per heavy atom. The minimum absolute atomic E-state index is 0.565. The number of hydrogen-bond donors (Lipinski definition) is 1.